The van der Waals surface area contributed by atoms with Gasteiger partial charge in [-0.1, -0.05) is 67.9 Å². The Balaban J connectivity index is 1.47. The highest BCUT2D eigenvalue weighted by atomic mass is 16.1. The van der Waals surface area contributed by atoms with Gasteiger partial charge in [0.25, 0.3) is 5.91 Å². The molecule has 0 radical (unpaired) electrons. The van der Waals surface area contributed by atoms with Gasteiger partial charge in [0.15, 0.2) is 0 Å². The average Bonchev–Trinajstić information content (AvgIpc) is 3.49. The van der Waals surface area contributed by atoms with Crippen LogP contribution in [-0.4, -0.2) is 5.91 Å². The maximum Gasteiger partial charge on any atom is 0.255 e. The van der Waals surface area contributed by atoms with Crippen molar-refractivity contribution in [3.8, 4) is 11.1 Å². The quantitative estimate of drug-likeness (QED) is 0.595. The van der Waals surface area contributed by atoms with Crippen molar-refractivity contribution >= 4 is 11.6 Å². The molecule has 0 unspecified atom stereocenters. The number of rotatable bonds is 5. The Labute approximate surface area is 154 Å². The first-order valence-electron chi connectivity index (χ1n) is 9.31. The monoisotopic (exact) mass is 341 g/mol. The van der Waals surface area contributed by atoms with Crippen molar-refractivity contribution in [2.24, 2.45) is 5.92 Å². The van der Waals surface area contributed by atoms with Crippen LogP contribution in [0.3, 0.4) is 0 Å². The lowest BCUT2D eigenvalue weighted by atomic mass is 10.0. The van der Waals surface area contributed by atoms with Crippen LogP contribution in [0, 0.1) is 5.92 Å². The number of anilines is 1. The van der Waals surface area contributed by atoms with E-state index in [-0.39, 0.29) is 5.91 Å². The molecule has 1 aliphatic rings. The summed E-state index contributed by atoms with van der Waals surface area (Å²) >= 11 is 0. The molecule has 1 saturated carbocycles. The van der Waals surface area contributed by atoms with Crippen molar-refractivity contribution in [1.82, 2.24) is 0 Å². The van der Waals surface area contributed by atoms with Gasteiger partial charge < -0.3 is 5.32 Å². The van der Waals surface area contributed by atoms with Gasteiger partial charge in [-0.25, -0.2) is 0 Å². The standard InChI is InChI=1S/C24H23NO/c1-2-17-16-23(17)19-11-13-22(14-12-19)25-24(26)21-10-6-9-20(15-21)18-7-4-3-5-8-18/h3-15,17,23H,2,16H2,1H3,(H,25,26)/t17-,23+/m0/s1. The Bertz CT molecular complexity index is 899. The lowest BCUT2D eigenvalue weighted by molar-refractivity contribution is 0.102. The predicted molar refractivity (Wildman–Crippen MR) is 107 cm³/mol. The van der Waals surface area contributed by atoms with Crippen LogP contribution in [0.5, 0.6) is 0 Å². The zero-order valence-corrected chi connectivity index (χ0v) is 15.0. The maximum absolute atomic E-state index is 12.6. The van der Waals surface area contributed by atoms with Crippen LogP contribution in [0.1, 0.15) is 41.6 Å². The van der Waals surface area contributed by atoms with Gasteiger partial charge in [0.2, 0.25) is 0 Å². The lowest BCUT2D eigenvalue weighted by Gasteiger charge is -2.08. The molecule has 130 valence electrons. The number of carbonyl (C=O) groups excluding carboxylic acids is 1. The molecule has 0 aliphatic heterocycles. The third kappa shape index (κ3) is 3.55. The van der Waals surface area contributed by atoms with Crippen LogP contribution < -0.4 is 5.32 Å². The highest BCUT2D eigenvalue weighted by Gasteiger charge is 2.36. The Morgan fingerprint density at radius 2 is 1.65 bits per heavy atom. The summed E-state index contributed by atoms with van der Waals surface area (Å²) in [6, 6.07) is 26.2. The van der Waals surface area contributed by atoms with Gasteiger partial charge in [-0.3, -0.25) is 4.79 Å². The predicted octanol–water partition coefficient (Wildman–Crippen LogP) is 6.12. The topological polar surface area (TPSA) is 29.1 Å². The Kier molecular flexibility index (Phi) is 4.57. The second-order valence-corrected chi connectivity index (χ2v) is 7.03. The van der Waals surface area contributed by atoms with E-state index in [0.717, 1.165) is 22.7 Å². The molecule has 0 aromatic heterocycles. The molecule has 1 fully saturated rings. The van der Waals surface area contributed by atoms with Crippen LogP contribution in [0.2, 0.25) is 0 Å². The smallest absolute Gasteiger partial charge is 0.255 e. The molecule has 2 heteroatoms. The maximum atomic E-state index is 12.6. The first-order chi connectivity index (χ1) is 12.7. The molecule has 0 spiro atoms. The van der Waals surface area contributed by atoms with Gasteiger partial charge in [-0.2, -0.15) is 0 Å². The summed E-state index contributed by atoms with van der Waals surface area (Å²) in [6.45, 7) is 2.25. The number of nitrogens with one attached hydrogen (secondary N) is 1. The Morgan fingerprint density at radius 1 is 0.923 bits per heavy atom. The zero-order valence-electron chi connectivity index (χ0n) is 15.0. The molecule has 3 aromatic rings. The van der Waals surface area contributed by atoms with E-state index in [1.807, 2.05) is 54.6 Å². The van der Waals surface area contributed by atoms with Gasteiger partial charge in [-0.05, 0) is 59.2 Å². The normalized spacial score (nSPS) is 18.3. The molecule has 0 bridgehead atoms. The van der Waals surface area contributed by atoms with Crippen LogP contribution in [0.25, 0.3) is 11.1 Å². The summed E-state index contributed by atoms with van der Waals surface area (Å²) in [7, 11) is 0. The van der Waals surface area contributed by atoms with Crippen LogP contribution in [-0.2, 0) is 0 Å². The molecule has 1 N–H and O–H groups in total. The third-order valence-electron chi connectivity index (χ3n) is 5.28. The summed E-state index contributed by atoms with van der Waals surface area (Å²) in [6.07, 6.45) is 2.55. The summed E-state index contributed by atoms with van der Waals surface area (Å²) in [5, 5.41) is 3.01. The molecule has 4 rings (SSSR count). The zero-order chi connectivity index (χ0) is 17.9. The van der Waals surface area contributed by atoms with Gasteiger partial charge in [0.05, 0.1) is 0 Å². The highest BCUT2D eigenvalue weighted by Crippen LogP contribution is 2.49. The number of amides is 1. The van der Waals surface area contributed by atoms with Crippen LogP contribution in [0.15, 0.2) is 78.9 Å². The minimum absolute atomic E-state index is 0.0756. The van der Waals surface area contributed by atoms with E-state index in [1.54, 1.807) is 0 Å². The summed E-state index contributed by atoms with van der Waals surface area (Å²) in [5.74, 6) is 1.48. The molecule has 0 heterocycles. The third-order valence-corrected chi connectivity index (χ3v) is 5.28. The average molecular weight is 341 g/mol. The number of hydrogen-bond acceptors (Lipinski definition) is 1. The van der Waals surface area contributed by atoms with E-state index in [0.29, 0.717) is 11.5 Å². The van der Waals surface area contributed by atoms with Gasteiger partial charge in [-0.15, -0.1) is 0 Å². The fraction of sp³-hybridized carbons (Fsp3) is 0.208. The summed E-state index contributed by atoms with van der Waals surface area (Å²) in [4.78, 5) is 12.6. The second-order valence-electron chi connectivity index (χ2n) is 7.03. The minimum atomic E-state index is -0.0756. The first-order valence-corrected chi connectivity index (χ1v) is 9.31. The Morgan fingerprint density at radius 3 is 2.35 bits per heavy atom. The molecule has 26 heavy (non-hydrogen) atoms. The number of carbonyl (C=O) groups is 1. The van der Waals surface area contributed by atoms with E-state index in [9.17, 15) is 4.79 Å². The summed E-state index contributed by atoms with van der Waals surface area (Å²) < 4.78 is 0. The SMILES string of the molecule is CC[C@H]1C[C@H]1c1ccc(NC(=O)c2cccc(-c3ccccc3)c2)cc1. The van der Waals surface area contributed by atoms with E-state index < -0.39 is 0 Å². The Hall–Kier alpha value is -2.87. The van der Waals surface area contributed by atoms with Gasteiger partial charge in [0, 0.05) is 11.3 Å². The highest BCUT2D eigenvalue weighted by molar-refractivity contribution is 6.05. The minimum Gasteiger partial charge on any atom is -0.322 e. The summed E-state index contributed by atoms with van der Waals surface area (Å²) in [5.41, 5.74) is 5.07. The van der Waals surface area contributed by atoms with Crippen molar-refractivity contribution < 1.29 is 4.79 Å². The first kappa shape index (κ1) is 16.6. The van der Waals surface area contributed by atoms with Crippen molar-refractivity contribution in [2.75, 3.05) is 5.32 Å². The number of hydrogen-bond donors (Lipinski definition) is 1. The molecular formula is C24H23NO. The molecule has 1 aliphatic carbocycles. The van der Waals surface area contributed by atoms with Crippen molar-refractivity contribution in [3.05, 3.63) is 90.0 Å². The fourth-order valence-electron chi connectivity index (χ4n) is 3.59. The molecule has 3 aromatic carbocycles. The van der Waals surface area contributed by atoms with E-state index in [2.05, 4.69) is 36.5 Å². The molecular weight excluding hydrogens is 318 g/mol. The molecule has 2 nitrogen and oxygen atoms in total. The van der Waals surface area contributed by atoms with Gasteiger partial charge >= 0.3 is 0 Å². The largest absolute Gasteiger partial charge is 0.322 e. The number of benzene rings is 3. The van der Waals surface area contributed by atoms with Gasteiger partial charge in [0.1, 0.15) is 0 Å². The van der Waals surface area contributed by atoms with E-state index in [4.69, 9.17) is 0 Å². The molecule has 0 saturated heterocycles. The van der Waals surface area contributed by atoms with E-state index >= 15 is 0 Å². The van der Waals surface area contributed by atoms with Crippen LogP contribution >= 0.6 is 0 Å². The van der Waals surface area contributed by atoms with Crippen LogP contribution in [0.4, 0.5) is 5.69 Å². The second kappa shape index (κ2) is 7.17. The fourth-order valence-corrected chi connectivity index (χ4v) is 3.59. The van der Waals surface area contributed by atoms with Crippen molar-refractivity contribution in [1.29, 1.82) is 0 Å². The molecule has 1 amide bonds. The van der Waals surface area contributed by atoms with Crippen molar-refractivity contribution in [2.45, 2.75) is 25.7 Å². The molecule has 2 atom stereocenters. The van der Waals surface area contributed by atoms with E-state index in [1.165, 1.54) is 18.4 Å². The lowest BCUT2D eigenvalue weighted by Crippen LogP contribution is -2.11. The van der Waals surface area contributed by atoms with Crippen molar-refractivity contribution in [3.63, 3.8) is 0 Å².